The fourth-order valence-corrected chi connectivity index (χ4v) is 2.31. The van der Waals surface area contributed by atoms with Gasteiger partial charge < -0.3 is 5.73 Å². The third-order valence-electron chi connectivity index (χ3n) is 1.93. The monoisotopic (exact) mass is 238 g/mol. The van der Waals surface area contributed by atoms with E-state index in [-0.39, 0.29) is 12.3 Å². The van der Waals surface area contributed by atoms with Crippen LogP contribution in [0.25, 0.3) is 0 Å². The van der Waals surface area contributed by atoms with Crippen molar-refractivity contribution in [1.29, 1.82) is 0 Å². The zero-order chi connectivity index (χ0) is 12.0. The van der Waals surface area contributed by atoms with Gasteiger partial charge in [-0.25, -0.2) is 13.1 Å². The van der Waals surface area contributed by atoms with Crippen LogP contribution < -0.4 is 10.5 Å². The molecule has 1 aromatic carbocycles. The van der Waals surface area contributed by atoms with Crippen LogP contribution in [0.15, 0.2) is 24.3 Å². The van der Waals surface area contributed by atoms with Crippen molar-refractivity contribution in [3.63, 3.8) is 0 Å². The van der Waals surface area contributed by atoms with Crippen molar-refractivity contribution in [2.75, 3.05) is 12.3 Å². The van der Waals surface area contributed by atoms with E-state index in [9.17, 15) is 8.42 Å². The van der Waals surface area contributed by atoms with E-state index in [2.05, 4.69) is 10.6 Å². The highest BCUT2D eigenvalue weighted by Gasteiger charge is 2.09. The van der Waals surface area contributed by atoms with Crippen molar-refractivity contribution in [2.45, 2.75) is 12.2 Å². The van der Waals surface area contributed by atoms with Gasteiger partial charge in [0.05, 0.1) is 5.75 Å². The second-order valence-corrected chi connectivity index (χ2v) is 5.16. The molecule has 0 heterocycles. The molecule has 0 fully saturated rings. The fourth-order valence-electron chi connectivity index (χ4n) is 1.16. The molecule has 0 saturated carbocycles. The molecule has 1 rings (SSSR count). The first-order valence-corrected chi connectivity index (χ1v) is 6.44. The van der Waals surface area contributed by atoms with Gasteiger partial charge in [0.1, 0.15) is 0 Å². The topological polar surface area (TPSA) is 72.2 Å². The Balaban J connectivity index is 2.59. The predicted octanol–water partition coefficient (Wildman–Crippen LogP) is 0.711. The van der Waals surface area contributed by atoms with E-state index in [1.54, 1.807) is 24.3 Å². The van der Waals surface area contributed by atoms with Crippen molar-refractivity contribution in [3.8, 4) is 12.3 Å². The van der Waals surface area contributed by atoms with Crippen molar-refractivity contribution < 1.29 is 8.42 Å². The summed E-state index contributed by atoms with van der Waals surface area (Å²) in [5.74, 6) is 2.31. The maximum atomic E-state index is 11.5. The van der Waals surface area contributed by atoms with Gasteiger partial charge in [-0.15, -0.1) is 12.3 Å². The van der Waals surface area contributed by atoms with Crippen molar-refractivity contribution in [3.05, 3.63) is 29.8 Å². The molecule has 0 saturated heterocycles. The van der Waals surface area contributed by atoms with Crippen LogP contribution >= 0.6 is 0 Å². The van der Waals surface area contributed by atoms with E-state index in [1.807, 2.05) is 0 Å². The molecule has 0 aliphatic rings. The van der Waals surface area contributed by atoms with E-state index in [4.69, 9.17) is 12.2 Å². The maximum Gasteiger partial charge on any atom is 0.215 e. The van der Waals surface area contributed by atoms with Crippen LogP contribution in [0.2, 0.25) is 0 Å². The molecule has 0 aromatic heterocycles. The Kier molecular flexibility index (Phi) is 4.35. The third kappa shape index (κ3) is 4.34. The van der Waals surface area contributed by atoms with Gasteiger partial charge in [0.25, 0.3) is 0 Å². The number of hydrogen-bond donors (Lipinski definition) is 2. The number of nitrogen functional groups attached to an aromatic ring is 1. The maximum absolute atomic E-state index is 11.5. The van der Waals surface area contributed by atoms with E-state index in [0.717, 1.165) is 0 Å². The minimum atomic E-state index is -3.31. The quantitative estimate of drug-likeness (QED) is 0.451. The van der Waals surface area contributed by atoms with Crippen LogP contribution in [0.3, 0.4) is 0 Å². The zero-order valence-electron chi connectivity index (χ0n) is 8.81. The lowest BCUT2D eigenvalue weighted by Crippen LogP contribution is -2.25. The summed E-state index contributed by atoms with van der Waals surface area (Å²) in [6, 6.07) is 6.73. The van der Waals surface area contributed by atoms with Crippen LogP contribution in [0, 0.1) is 12.3 Å². The molecule has 5 heteroatoms. The summed E-state index contributed by atoms with van der Waals surface area (Å²) in [6.07, 6.45) is 5.42. The normalized spacial score (nSPS) is 10.9. The lowest BCUT2D eigenvalue weighted by atomic mass is 10.2. The van der Waals surface area contributed by atoms with Crippen molar-refractivity contribution >= 4 is 15.7 Å². The molecule has 16 heavy (non-hydrogen) atoms. The second kappa shape index (κ2) is 5.54. The van der Waals surface area contributed by atoms with Gasteiger partial charge in [-0.05, 0) is 17.7 Å². The van der Waals surface area contributed by atoms with Gasteiger partial charge in [0.15, 0.2) is 0 Å². The fraction of sp³-hybridized carbons (Fsp3) is 0.273. The Labute approximate surface area is 95.9 Å². The Morgan fingerprint density at radius 3 is 2.50 bits per heavy atom. The van der Waals surface area contributed by atoms with Gasteiger partial charge in [-0.3, -0.25) is 0 Å². The third-order valence-corrected chi connectivity index (χ3v) is 3.29. The SMILES string of the molecule is C#CCCNS(=O)(=O)Cc1ccc(N)cc1. The summed E-state index contributed by atoms with van der Waals surface area (Å²) in [5.41, 5.74) is 6.81. The molecule has 0 atom stereocenters. The number of nitrogens with one attached hydrogen (secondary N) is 1. The van der Waals surface area contributed by atoms with Crippen LogP contribution in [0.4, 0.5) is 5.69 Å². The first-order valence-electron chi connectivity index (χ1n) is 4.79. The molecule has 0 bridgehead atoms. The summed E-state index contributed by atoms with van der Waals surface area (Å²) >= 11 is 0. The number of anilines is 1. The average molecular weight is 238 g/mol. The van der Waals surface area contributed by atoms with E-state index < -0.39 is 10.0 Å². The van der Waals surface area contributed by atoms with Crippen LogP contribution in [-0.2, 0) is 15.8 Å². The summed E-state index contributed by atoms with van der Waals surface area (Å²) in [7, 11) is -3.31. The number of hydrogen-bond acceptors (Lipinski definition) is 3. The van der Waals surface area contributed by atoms with Crippen LogP contribution in [0.5, 0.6) is 0 Å². The molecule has 0 aliphatic carbocycles. The minimum Gasteiger partial charge on any atom is -0.399 e. The van der Waals surface area contributed by atoms with E-state index in [0.29, 0.717) is 17.7 Å². The van der Waals surface area contributed by atoms with Gasteiger partial charge in [0, 0.05) is 18.7 Å². The van der Waals surface area contributed by atoms with Gasteiger partial charge in [-0.2, -0.15) is 0 Å². The average Bonchev–Trinajstić information content (AvgIpc) is 2.21. The highest BCUT2D eigenvalue weighted by Crippen LogP contribution is 2.08. The molecule has 86 valence electrons. The number of sulfonamides is 1. The molecule has 0 aliphatic heterocycles. The standard InChI is InChI=1S/C11H14N2O2S/c1-2-3-8-13-16(14,15)9-10-4-6-11(12)7-5-10/h1,4-7,13H,3,8-9,12H2. The Bertz CT molecular complexity index is 472. The lowest BCUT2D eigenvalue weighted by molar-refractivity contribution is 0.581. The first-order chi connectivity index (χ1) is 7.53. The van der Waals surface area contributed by atoms with E-state index >= 15 is 0 Å². The summed E-state index contributed by atoms with van der Waals surface area (Å²) in [4.78, 5) is 0. The summed E-state index contributed by atoms with van der Waals surface area (Å²) in [5, 5.41) is 0. The molecular weight excluding hydrogens is 224 g/mol. The minimum absolute atomic E-state index is 0.0577. The lowest BCUT2D eigenvalue weighted by Gasteiger charge is -2.05. The molecule has 4 nitrogen and oxygen atoms in total. The highest BCUT2D eigenvalue weighted by atomic mass is 32.2. The predicted molar refractivity (Wildman–Crippen MR) is 64.9 cm³/mol. The highest BCUT2D eigenvalue weighted by molar-refractivity contribution is 7.88. The van der Waals surface area contributed by atoms with E-state index in [1.165, 1.54) is 0 Å². The summed E-state index contributed by atoms with van der Waals surface area (Å²) in [6.45, 7) is 0.272. The molecular formula is C11H14N2O2S. The molecule has 0 spiro atoms. The molecule has 1 aromatic rings. The Hall–Kier alpha value is -1.51. The largest absolute Gasteiger partial charge is 0.399 e. The Morgan fingerprint density at radius 1 is 1.31 bits per heavy atom. The van der Waals surface area contributed by atoms with Gasteiger partial charge in [-0.1, -0.05) is 12.1 Å². The number of terminal acetylenes is 1. The second-order valence-electron chi connectivity index (χ2n) is 3.35. The van der Waals surface area contributed by atoms with Crippen molar-refractivity contribution in [1.82, 2.24) is 4.72 Å². The van der Waals surface area contributed by atoms with Crippen LogP contribution in [0.1, 0.15) is 12.0 Å². The number of rotatable bonds is 5. The Morgan fingerprint density at radius 2 is 1.94 bits per heavy atom. The zero-order valence-corrected chi connectivity index (χ0v) is 9.63. The smallest absolute Gasteiger partial charge is 0.215 e. The van der Waals surface area contributed by atoms with Crippen LogP contribution in [-0.4, -0.2) is 15.0 Å². The molecule has 3 N–H and O–H groups in total. The van der Waals surface area contributed by atoms with Crippen molar-refractivity contribution in [2.24, 2.45) is 0 Å². The van der Waals surface area contributed by atoms with Gasteiger partial charge >= 0.3 is 0 Å². The number of benzene rings is 1. The molecule has 0 amide bonds. The molecule has 0 unspecified atom stereocenters. The van der Waals surface area contributed by atoms with Gasteiger partial charge in [0.2, 0.25) is 10.0 Å². The molecule has 0 radical (unpaired) electrons. The summed E-state index contributed by atoms with van der Waals surface area (Å²) < 4.78 is 25.5. The first kappa shape index (κ1) is 12.6. The number of nitrogens with two attached hydrogens (primary N) is 1.